The van der Waals surface area contributed by atoms with Gasteiger partial charge in [-0.3, -0.25) is 9.56 Å². The number of fused-ring (bicyclic) bond motifs is 3. The molecule has 5 heteroatoms. The van der Waals surface area contributed by atoms with Crippen LogP contribution in [0.1, 0.15) is 22.8 Å². The first-order valence-electron chi connectivity index (χ1n) is 7.08. The van der Waals surface area contributed by atoms with Gasteiger partial charge in [-0.25, -0.2) is 0 Å². The van der Waals surface area contributed by atoms with Crippen LogP contribution in [0.15, 0.2) is 53.5 Å². The van der Waals surface area contributed by atoms with Gasteiger partial charge < -0.3 is 5.11 Å². The number of nitrogens with zero attached hydrogens (tertiary/aromatic N) is 4. The van der Waals surface area contributed by atoms with E-state index in [4.69, 9.17) is 4.99 Å². The Morgan fingerprint density at radius 2 is 1.86 bits per heavy atom. The molecule has 0 unspecified atom stereocenters. The summed E-state index contributed by atoms with van der Waals surface area (Å²) in [6.07, 6.45) is 0. The number of phenols is 1. The maximum atomic E-state index is 9.92. The largest absolute Gasteiger partial charge is 0.508 e. The van der Waals surface area contributed by atoms with Crippen molar-refractivity contribution < 1.29 is 5.11 Å². The second-order valence-electron chi connectivity index (χ2n) is 5.23. The molecule has 4 rings (SSSR count). The molecule has 0 bridgehead atoms. The zero-order valence-electron chi connectivity index (χ0n) is 12.1. The summed E-state index contributed by atoms with van der Waals surface area (Å²) in [6.45, 7) is 2.38. The topological polar surface area (TPSA) is 63.3 Å². The molecule has 0 saturated carbocycles. The van der Waals surface area contributed by atoms with Gasteiger partial charge in [-0.15, -0.1) is 10.2 Å². The third-order valence-corrected chi connectivity index (χ3v) is 3.79. The molecule has 108 valence electrons. The number of aromatic hydroxyl groups is 1. The van der Waals surface area contributed by atoms with E-state index in [2.05, 4.69) is 10.2 Å². The van der Waals surface area contributed by atoms with Crippen LogP contribution in [0.3, 0.4) is 0 Å². The van der Waals surface area contributed by atoms with Crippen LogP contribution < -0.4 is 0 Å². The van der Waals surface area contributed by atoms with Crippen molar-refractivity contribution in [2.24, 2.45) is 4.99 Å². The first-order valence-corrected chi connectivity index (χ1v) is 7.08. The van der Waals surface area contributed by atoms with Crippen LogP contribution in [-0.4, -0.2) is 25.6 Å². The molecule has 0 radical (unpaired) electrons. The van der Waals surface area contributed by atoms with Crippen LogP contribution in [0, 0.1) is 6.92 Å². The van der Waals surface area contributed by atoms with Crippen LogP contribution in [0.5, 0.6) is 5.75 Å². The smallest absolute Gasteiger partial charge is 0.159 e. The van der Waals surface area contributed by atoms with Crippen molar-refractivity contribution in [1.82, 2.24) is 14.8 Å². The zero-order chi connectivity index (χ0) is 15.1. The minimum atomic E-state index is 0.219. The van der Waals surface area contributed by atoms with Crippen LogP contribution in [0.4, 0.5) is 0 Å². The summed E-state index contributed by atoms with van der Waals surface area (Å²) in [5, 5.41) is 18.3. The van der Waals surface area contributed by atoms with E-state index in [0.29, 0.717) is 6.54 Å². The fourth-order valence-corrected chi connectivity index (χ4v) is 2.81. The van der Waals surface area contributed by atoms with Crippen LogP contribution in [-0.2, 0) is 6.54 Å². The summed E-state index contributed by atoms with van der Waals surface area (Å²) >= 11 is 0. The SMILES string of the molecule is Cc1nnc2n1-c1ccc(O)cc1C(c1ccccc1)=NC2. The van der Waals surface area contributed by atoms with Gasteiger partial charge in [0.25, 0.3) is 0 Å². The lowest BCUT2D eigenvalue weighted by molar-refractivity contribution is 0.475. The Bertz CT molecular complexity index is 881. The van der Waals surface area contributed by atoms with E-state index in [-0.39, 0.29) is 5.75 Å². The summed E-state index contributed by atoms with van der Waals surface area (Å²) in [4.78, 5) is 4.71. The second kappa shape index (κ2) is 4.80. The van der Waals surface area contributed by atoms with Gasteiger partial charge in [0.2, 0.25) is 0 Å². The van der Waals surface area contributed by atoms with Gasteiger partial charge in [-0.2, -0.15) is 0 Å². The molecule has 1 N–H and O–H groups in total. The predicted octanol–water partition coefficient (Wildman–Crippen LogP) is 2.63. The molecule has 2 heterocycles. The fraction of sp³-hybridized carbons (Fsp3) is 0.118. The van der Waals surface area contributed by atoms with E-state index in [1.807, 2.05) is 47.9 Å². The summed E-state index contributed by atoms with van der Waals surface area (Å²) in [6, 6.07) is 15.3. The standard InChI is InChI=1S/C17H14N4O/c1-11-19-20-16-10-18-17(12-5-3-2-4-6-12)14-9-13(22)7-8-15(14)21(11)16/h2-9,22H,10H2,1H3. The third kappa shape index (κ3) is 1.90. The first-order chi connectivity index (χ1) is 10.7. The number of phenolic OH excluding ortho intramolecular Hbond substituents is 1. The molecular weight excluding hydrogens is 276 g/mol. The van der Waals surface area contributed by atoms with Gasteiger partial charge in [-0.1, -0.05) is 30.3 Å². The van der Waals surface area contributed by atoms with E-state index in [1.54, 1.807) is 12.1 Å². The Kier molecular flexibility index (Phi) is 2.79. The lowest BCUT2D eigenvalue weighted by Crippen LogP contribution is -2.08. The average molecular weight is 290 g/mol. The predicted molar refractivity (Wildman–Crippen MR) is 83.5 cm³/mol. The van der Waals surface area contributed by atoms with Gasteiger partial charge >= 0.3 is 0 Å². The Labute approximate surface area is 127 Å². The van der Waals surface area contributed by atoms with Crippen molar-refractivity contribution in [3.05, 3.63) is 71.3 Å². The Morgan fingerprint density at radius 3 is 2.68 bits per heavy atom. The molecule has 5 nitrogen and oxygen atoms in total. The molecule has 22 heavy (non-hydrogen) atoms. The molecular formula is C17H14N4O. The molecule has 2 aromatic carbocycles. The van der Waals surface area contributed by atoms with Crippen molar-refractivity contribution in [2.75, 3.05) is 0 Å². The number of hydrogen-bond acceptors (Lipinski definition) is 4. The second-order valence-corrected chi connectivity index (χ2v) is 5.23. The Hall–Kier alpha value is -2.95. The number of benzene rings is 2. The van der Waals surface area contributed by atoms with Crippen LogP contribution in [0.2, 0.25) is 0 Å². The van der Waals surface area contributed by atoms with Gasteiger partial charge in [0.1, 0.15) is 18.1 Å². The average Bonchev–Trinajstić information content (AvgIpc) is 2.82. The lowest BCUT2D eigenvalue weighted by atomic mass is 10.00. The minimum Gasteiger partial charge on any atom is -0.508 e. The molecule has 0 amide bonds. The van der Waals surface area contributed by atoms with Gasteiger partial charge in [-0.05, 0) is 25.1 Å². The highest BCUT2D eigenvalue weighted by atomic mass is 16.3. The highest BCUT2D eigenvalue weighted by Gasteiger charge is 2.21. The molecule has 1 aliphatic heterocycles. The first kappa shape index (κ1) is 12.8. The molecule has 0 atom stereocenters. The van der Waals surface area contributed by atoms with Crippen LogP contribution >= 0.6 is 0 Å². The highest BCUT2D eigenvalue weighted by Crippen LogP contribution is 2.28. The quantitative estimate of drug-likeness (QED) is 0.749. The van der Waals surface area contributed by atoms with Crippen molar-refractivity contribution >= 4 is 5.71 Å². The molecule has 0 fully saturated rings. The maximum Gasteiger partial charge on any atom is 0.159 e. The maximum absolute atomic E-state index is 9.92. The molecule has 0 aliphatic carbocycles. The number of hydrogen-bond donors (Lipinski definition) is 1. The van der Waals surface area contributed by atoms with Gasteiger partial charge in [0.05, 0.1) is 11.4 Å². The summed E-state index contributed by atoms with van der Waals surface area (Å²) in [7, 11) is 0. The van der Waals surface area contributed by atoms with Crippen molar-refractivity contribution in [2.45, 2.75) is 13.5 Å². The molecule has 1 aromatic heterocycles. The zero-order valence-corrected chi connectivity index (χ0v) is 12.1. The van der Waals surface area contributed by atoms with E-state index >= 15 is 0 Å². The van der Waals surface area contributed by atoms with Crippen LogP contribution in [0.25, 0.3) is 5.69 Å². The number of aliphatic imine (C=N–C) groups is 1. The Morgan fingerprint density at radius 1 is 1.05 bits per heavy atom. The van der Waals surface area contributed by atoms with E-state index in [9.17, 15) is 5.11 Å². The number of rotatable bonds is 1. The van der Waals surface area contributed by atoms with Gasteiger partial charge in [0.15, 0.2) is 5.82 Å². The monoisotopic (exact) mass is 290 g/mol. The molecule has 0 saturated heterocycles. The normalized spacial score (nSPS) is 13.0. The molecule has 0 spiro atoms. The van der Waals surface area contributed by atoms with E-state index < -0.39 is 0 Å². The Balaban J connectivity index is 2.01. The molecule has 3 aromatic rings. The number of aryl methyl sites for hydroxylation is 1. The number of aromatic nitrogens is 3. The summed E-state index contributed by atoms with van der Waals surface area (Å²) in [5.41, 5.74) is 3.70. The van der Waals surface area contributed by atoms with Crippen molar-refractivity contribution in [3.8, 4) is 11.4 Å². The fourth-order valence-electron chi connectivity index (χ4n) is 2.81. The van der Waals surface area contributed by atoms with Crippen molar-refractivity contribution in [3.63, 3.8) is 0 Å². The summed E-state index contributed by atoms with van der Waals surface area (Å²) < 4.78 is 1.99. The van der Waals surface area contributed by atoms with E-state index in [1.165, 1.54) is 0 Å². The lowest BCUT2D eigenvalue weighted by Gasteiger charge is -2.12. The minimum absolute atomic E-state index is 0.219. The highest BCUT2D eigenvalue weighted by molar-refractivity contribution is 6.15. The van der Waals surface area contributed by atoms with E-state index in [0.717, 1.165) is 34.2 Å². The summed E-state index contributed by atoms with van der Waals surface area (Å²) in [5.74, 6) is 1.83. The molecule has 1 aliphatic rings. The van der Waals surface area contributed by atoms with Gasteiger partial charge in [0, 0.05) is 11.1 Å². The third-order valence-electron chi connectivity index (χ3n) is 3.79. The van der Waals surface area contributed by atoms with Crippen molar-refractivity contribution in [1.29, 1.82) is 0 Å².